The maximum Gasteiger partial charge on any atom is 0.242 e. The maximum atomic E-state index is 11.9. The normalized spacial score (nSPS) is 12.9. The second-order valence-electron chi connectivity index (χ2n) is 6.10. The highest BCUT2D eigenvalue weighted by Gasteiger charge is 2.16. The van der Waals surface area contributed by atoms with Gasteiger partial charge in [0.05, 0.1) is 4.90 Å². The SMILES string of the molecule is CN(C)S(=O)(=O)c1ccc(CNCC(C)(C)C)cc1. The van der Waals surface area contributed by atoms with Crippen LogP contribution in [0.1, 0.15) is 26.3 Å². The third kappa shape index (κ3) is 4.93. The van der Waals surface area contributed by atoms with Crippen molar-refractivity contribution in [2.45, 2.75) is 32.2 Å². The van der Waals surface area contributed by atoms with Crippen LogP contribution in [0.5, 0.6) is 0 Å². The van der Waals surface area contributed by atoms with E-state index in [2.05, 4.69) is 26.1 Å². The molecule has 0 saturated heterocycles. The Morgan fingerprint density at radius 1 is 1.11 bits per heavy atom. The van der Waals surface area contributed by atoms with Crippen molar-refractivity contribution >= 4 is 10.0 Å². The summed E-state index contributed by atoms with van der Waals surface area (Å²) >= 11 is 0. The second-order valence-corrected chi connectivity index (χ2v) is 8.25. The fourth-order valence-corrected chi connectivity index (χ4v) is 2.47. The highest BCUT2D eigenvalue weighted by atomic mass is 32.2. The molecule has 1 aromatic rings. The van der Waals surface area contributed by atoms with Gasteiger partial charge in [0.15, 0.2) is 0 Å². The van der Waals surface area contributed by atoms with E-state index in [1.54, 1.807) is 12.1 Å². The molecule has 0 spiro atoms. The average Bonchev–Trinajstić information content (AvgIpc) is 2.27. The minimum atomic E-state index is -3.32. The number of hydrogen-bond donors (Lipinski definition) is 1. The number of sulfonamides is 1. The largest absolute Gasteiger partial charge is 0.312 e. The van der Waals surface area contributed by atoms with Gasteiger partial charge in [0.25, 0.3) is 0 Å². The summed E-state index contributed by atoms with van der Waals surface area (Å²) < 4.78 is 25.0. The fourth-order valence-electron chi connectivity index (χ4n) is 1.57. The second kappa shape index (κ2) is 6.03. The Labute approximate surface area is 116 Å². The molecule has 19 heavy (non-hydrogen) atoms. The van der Waals surface area contributed by atoms with E-state index >= 15 is 0 Å². The highest BCUT2D eigenvalue weighted by Crippen LogP contribution is 2.14. The number of benzene rings is 1. The van der Waals surface area contributed by atoms with Gasteiger partial charge in [-0.05, 0) is 23.1 Å². The van der Waals surface area contributed by atoms with Gasteiger partial charge in [0, 0.05) is 27.2 Å². The Bertz CT molecular complexity index is 499. The molecule has 1 N–H and O–H groups in total. The van der Waals surface area contributed by atoms with Crippen molar-refractivity contribution in [2.75, 3.05) is 20.6 Å². The van der Waals surface area contributed by atoms with Crippen LogP contribution in [0.3, 0.4) is 0 Å². The van der Waals surface area contributed by atoms with E-state index < -0.39 is 10.0 Å². The summed E-state index contributed by atoms with van der Waals surface area (Å²) in [5, 5.41) is 3.36. The van der Waals surface area contributed by atoms with E-state index in [1.807, 2.05) is 12.1 Å². The lowest BCUT2D eigenvalue weighted by Gasteiger charge is -2.19. The first-order valence-electron chi connectivity index (χ1n) is 6.35. The number of rotatable bonds is 5. The molecule has 0 aromatic heterocycles. The van der Waals surface area contributed by atoms with E-state index in [9.17, 15) is 8.42 Å². The van der Waals surface area contributed by atoms with Crippen molar-refractivity contribution in [3.63, 3.8) is 0 Å². The zero-order valence-corrected chi connectivity index (χ0v) is 13.2. The van der Waals surface area contributed by atoms with Gasteiger partial charge in [-0.1, -0.05) is 32.9 Å². The first-order valence-corrected chi connectivity index (χ1v) is 7.79. The molecule has 0 fully saturated rings. The summed E-state index contributed by atoms with van der Waals surface area (Å²) in [6.45, 7) is 8.19. The first-order chi connectivity index (χ1) is 8.63. The van der Waals surface area contributed by atoms with Crippen molar-refractivity contribution < 1.29 is 8.42 Å². The molecular weight excluding hydrogens is 260 g/mol. The lowest BCUT2D eigenvalue weighted by molar-refractivity contribution is 0.379. The van der Waals surface area contributed by atoms with Crippen molar-refractivity contribution in [2.24, 2.45) is 5.41 Å². The molecule has 0 saturated carbocycles. The van der Waals surface area contributed by atoms with Gasteiger partial charge in [0.1, 0.15) is 0 Å². The molecule has 0 heterocycles. The molecule has 0 aliphatic heterocycles. The van der Waals surface area contributed by atoms with E-state index in [0.717, 1.165) is 18.7 Å². The zero-order valence-electron chi connectivity index (χ0n) is 12.4. The Kier molecular flexibility index (Phi) is 5.12. The number of nitrogens with one attached hydrogen (secondary N) is 1. The van der Waals surface area contributed by atoms with Gasteiger partial charge in [0.2, 0.25) is 10.0 Å². The Hall–Kier alpha value is -0.910. The van der Waals surface area contributed by atoms with E-state index in [4.69, 9.17) is 0 Å². The molecule has 0 aliphatic carbocycles. The Morgan fingerprint density at radius 2 is 1.63 bits per heavy atom. The van der Waals surface area contributed by atoms with Crippen LogP contribution in [-0.4, -0.2) is 33.4 Å². The van der Waals surface area contributed by atoms with E-state index in [1.165, 1.54) is 18.4 Å². The van der Waals surface area contributed by atoms with Gasteiger partial charge in [-0.15, -0.1) is 0 Å². The number of hydrogen-bond acceptors (Lipinski definition) is 3. The molecule has 0 radical (unpaired) electrons. The Balaban J connectivity index is 2.68. The van der Waals surface area contributed by atoms with Crippen LogP contribution in [0.15, 0.2) is 29.2 Å². The minimum Gasteiger partial charge on any atom is -0.312 e. The summed E-state index contributed by atoms with van der Waals surface area (Å²) in [7, 11) is -0.253. The molecule has 0 atom stereocenters. The molecule has 0 aliphatic rings. The molecule has 5 heteroatoms. The third-order valence-corrected chi connectivity index (χ3v) is 4.52. The zero-order chi connectivity index (χ0) is 14.7. The summed E-state index contributed by atoms with van der Waals surface area (Å²) in [5.74, 6) is 0. The maximum absolute atomic E-state index is 11.9. The van der Waals surface area contributed by atoms with Gasteiger partial charge in [-0.25, -0.2) is 12.7 Å². The van der Waals surface area contributed by atoms with Gasteiger partial charge in [-0.2, -0.15) is 0 Å². The molecule has 4 nitrogen and oxygen atoms in total. The number of nitrogens with zero attached hydrogens (tertiary/aromatic N) is 1. The minimum absolute atomic E-state index is 0.244. The van der Waals surface area contributed by atoms with Crippen LogP contribution >= 0.6 is 0 Å². The van der Waals surface area contributed by atoms with Gasteiger partial charge >= 0.3 is 0 Å². The van der Waals surface area contributed by atoms with Crippen molar-refractivity contribution in [3.8, 4) is 0 Å². The summed E-state index contributed by atoms with van der Waals surface area (Å²) in [5.41, 5.74) is 1.33. The summed E-state index contributed by atoms with van der Waals surface area (Å²) in [6, 6.07) is 7.02. The van der Waals surface area contributed by atoms with Crippen LogP contribution in [0.2, 0.25) is 0 Å². The third-order valence-electron chi connectivity index (χ3n) is 2.69. The summed E-state index contributed by atoms with van der Waals surface area (Å²) in [4.78, 5) is 0.331. The van der Waals surface area contributed by atoms with Crippen molar-refractivity contribution in [3.05, 3.63) is 29.8 Å². The Morgan fingerprint density at radius 3 is 2.05 bits per heavy atom. The van der Waals surface area contributed by atoms with Gasteiger partial charge in [-0.3, -0.25) is 0 Å². The molecular formula is C14H24N2O2S. The predicted molar refractivity (Wildman–Crippen MR) is 78.5 cm³/mol. The van der Waals surface area contributed by atoms with E-state index in [-0.39, 0.29) is 5.41 Å². The quantitative estimate of drug-likeness (QED) is 0.900. The topological polar surface area (TPSA) is 49.4 Å². The first kappa shape index (κ1) is 16.1. The van der Waals surface area contributed by atoms with E-state index in [0.29, 0.717) is 4.90 Å². The molecule has 0 bridgehead atoms. The average molecular weight is 284 g/mol. The smallest absolute Gasteiger partial charge is 0.242 e. The standard InChI is InChI=1S/C14H24N2O2S/c1-14(2,3)11-15-10-12-6-8-13(9-7-12)19(17,18)16(4)5/h6-9,15H,10-11H2,1-5H3. The summed E-state index contributed by atoms with van der Waals surface area (Å²) in [6.07, 6.45) is 0. The van der Waals surface area contributed by atoms with Crippen LogP contribution in [0, 0.1) is 5.41 Å². The molecule has 1 rings (SSSR count). The molecule has 1 aromatic carbocycles. The van der Waals surface area contributed by atoms with Crippen LogP contribution in [0.4, 0.5) is 0 Å². The van der Waals surface area contributed by atoms with Crippen LogP contribution in [0.25, 0.3) is 0 Å². The lowest BCUT2D eigenvalue weighted by atomic mass is 9.97. The molecule has 0 amide bonds. The van der Waals surface area contributed by atoms with Crippen LogP contribution in [-0.2, 0) is 16.6 Å². The predicted octanol–water partition coefficient (Wildman–Crippen LogP) is 2.07. The van der Waals surface area contributed by atoms with Crippen LogP contribution < -0.4 is 5.32 Å². The lowest BCUT2D eigenvalue weighted by Crippen LogP contribution is -2.26. The van der Waals surface area contributed by atoms with Crippen molar-refractivity contribution in [1.29, 1.82) is 0 Å². The monoisotopic (exact) mass is 284 g/mol. The fraction of sp³-hybridized carbons (Fsp3) is 0.571. The highest BCUT2D eigenvalue weighted by molar-refractivity contribution is 7.89. The van der Waals surface area contributed by atoms with Gasteiger partial charge < -0.3 is 5.32 Å². The van der Waals surface area contributed by atoms with Crippen molar-refractivity contribution in [1.82, 2.24) is 9.62 Å². The molecule has 108 valence electrons. The molecule has 0 unspecified atom stereocenters.